The van der Waals surface area contributed by atoms with Gasteiger partial charge in [0.15, 0.2) is 17.4 Å². The van der Waals surface area contributed by atoms with E-state index in [0.717, 1.165) is 22.3 Å². The lowest BCUT2D eigenvalue weighted by atomic mass is 10.1. The Hall–Kier alpha value is -4.37. The van der Waals surface area contributed by atoms with Crippen LogP contribution >= 0.6 is 0 Å². The van der Waals surface area contributed by atoms with Gasteiger partial charge in [-0.15, -0.1) is 0 Å². The first-order valence-electron chi connectivity index (χ1n) is 11.3. The van der Waals surface area contributed by atoms with Gasteiger partial charge in [-0.25, -0.2) is 4.98 Å². The summed E-state index contributed by atoms with van der Waals surface area (Å²) < 4.78 is 6.99. The number of aliphatic hydroxyl groups excluding tert-OH is 3. The smallest absolute Gasteiger partial charge is 0.280 e. The molecule has 3 heterocycles. The second-order valence-electron chi connectivity index (χ2n) is 8.93. The highest BCUT2D eigenvalue weighted by molar-refractivity contribution is 5.81. The lowest BCUT2D eigenvalue weighted by Gasteiger charge is -2.20. The molecule has 0 amide bonds. The Bertz CT molecular complexity index is 1630. The monoisotopic (exact) mass is 507 g/mol. The van der Waals surface area contributed by atoms with Crippen molar-refractivity contribution in [2.45, 2.75) is 31.0 Å². The number of hydrogen-bond donors (Lipinski definition) is 6. The summed E-state index contributed by atoms with van der Waals surface area (Å²) in [6.45, 7) is -0.538. The van der Waals surface area contributed by atoms with E-state index in [-0.39, 0.29) is 28.7 Å². The maximum atomic E-state index is 12.5. The van der Waals surface area contributed by atoms with Crippen LogP contribution in [-0.2, 0) is 11.2 Å². The fraction of sp³-hybridized carbons (Fsp3) is 0.261. The molecule has 0 unspecified atom stereocenters. The molecule has 1 aliphatic carbocycles. The number of imidazole rings is 1. The van der Waals surface area contributed by atoms with Crippen LogP contribution in [0.1, 0.15) is 17.4 Å². The minimum atomic E-state index is -1.46. The van der Waals surface area contributed by atoms with Gasteiger partial charge in [-0.1, -0.05) is 6.07 Å². The van der Waals surface area contributed by atoms with Gasteiger partial charge in [-0.3, -0.25) is 24.5 Å². The number of ether oxygens (including phenoxy) is 1. The Morgan fingerprint density at radius 3 is 2.59 bits per heavy atom. The summed E-state index contributed by atoms with van der Waals surface area (Å²) in [6.07, 6.45) is -4.64. The molecule has 2 aromatic carbocycles. The molecule has 4 aromatic rings. The average molecular weight is 507 g/mol. The average Bonchev–Trinajstić information content (AvgIpc) is 3.49. The zero-order chi connectivity index (χ0) is 26.0. The summed E-state index contributed by atoms with van der Waals surface area (Å²) in [4.78, 5) is 34.1. The number of nitro groups is 1. The lowest BCUT2D eigenvalue weighted by Crippen LogP contribution is -2.33. The zero-order valence-corrected chi connectivity index (χ0v) is 19.0. The highest BCUT2D eigenvalue weighted by Crippen LogP contribution is 2.40. The van der Waals surface area contributed by atoms with Gasteiger partial charge < -0.3 is 31.1 Å². The second kappa shape index (κ2) is 8.35. The molecule has 0 spiro atoms. The minimum absolute atomic E-state index is 0.0134. The quantitative estimate of drug-likeness (QED) is 0.142. The van der Waals surface area contributed by atoms with Gasteiger partial charge in [0, 0.05) is 17.8 Å². The third kappa shape index (κ3) is 3.62. The van der Waals surface area contributed by atoms with E-state index >= 15 is 0 Å². The number of nitrogens with one attached hydrogen (secondary N) is 2. The normalized spacial score (nSPS) is 22.2. The summed E-state index contributed by atoms with van der Waals surface area (Å²) in [5.74, 6) is -0.0964. The Labute approximate surface area is 207 Å². The van der Waals surface area contributed by atoms with Crippen LogP contribution in [0.5, 0.6) is 0 Å². The van der Waals surface area contributed by atoms with Gasteiger partial charge in [0.1, 0.15) is 18.3 Å². The van der Waals surface area contributed by atoms with E-state index in [9.17, 15) is 30.2 Å². The molecular weight excluding hydrogens is 486 g/mol. The molecule has 37 heavy (non-hydrogen) atoms. The van der Waals surface area contributed by atoms with Crippen molar-refractivity contribution in [3.63, 3.8) is 0 Å². The first kappa shape index (κ1) is 23.1. The zero-order valence-electron chi connectivity index (χ0n) is 19.0. The lowest BCUT2D eigenvalue weighted by molar-refractivity contribution is -0.384. The van der Waals surface area contributed by atoms with Crippen LogP contribution in [0.15, 0.2) is 41.2 Å². The van der Waals surface area contributed by atoms with E-state index in [1.165, 1.54) is 10.6 Å². The minimum Gasteiger partial charge on any atom is -0.394 e. The van der Waals surface area contributed by atoms with Crippen LogP contribution in [0.3, 0.4) is 0 Å². The van der Waals surface area contributed by atoms with E-state index in [1.807, 2.05) is 12.1 Å². The molecule has 4 atom stereocenters. The standard InChI is InChI=1S/C23H21N7O7/c24-22-27-19-16(20(34)28-22)26-23(29(19)21-18(33)17(32)15(8-31)37-21)25-11-1-3-13-9(6-11)5-10-7-12(30(35)36)2-4-14(10)13/h1-4,6-7,15,17-18,21,31-33H,5,8H2,(H,25,26)(H3,24,27,28,34)/t15-,17-,18-,21-/m1/s1. The largest absolute Gasteiger partial charge is 0.394 e. The molecule has 2 aromatic heterocycles. The number of nitrogen functional groups attached to an aromatic ring is 1. The summed E-state index contributed by atoms with van der Waals surface area (Å²) >= 11 is 0. The molecular formula is C23H21N7O7. The summed E-state index contributed by atoms with van der Waals surface area (Å²) in [5.41, 5.74) is 9.29. The fourth-order valence-corrected chi connectivity index (χ4v) is 4.94. The Balaban J connectivity index is 1.41. The van der Waals surface area contributed by atoms with Crippen molar-refractivity contribution in [2.75, 3.05) is 17.7 Å². The first-order valence-corrected chi connectivity index (χ1v) is 11.3. The number of fused-ring (bicyclic) bond motifs is 4. The van der Waals surface area contributed by atoms with E-state index in [4.69, 9.17) is 10.5 Å². The summed E-state index contributed by atoms with van der Waals surface area (Å²) in [7, 11) is 0. The number of nitro benzene ring substituents is 1. The number of aliphatic hydroxyl groups is 3. The predicted octanol–water partition coefficient (Wildman–Crippen LogP) is 0.536. The molecule has 6 rings (SSSR count). The Kier molecular flexibility index (Phi) is 5.20. The van der Waals surface area contributed by atoms with Crippen molar-refractivity contribution >= 4 is 34.4 Å². The fourth-order valence-electron chi connectivity index (χ4n) is 4.94. The molecule has 0 bridgehead atoms. The van der Waals surface area contributed by atoms with Crippen molar-refractivity contribution in [2.24, 2.45) is 0 Å². The third-order valence-electron chi connectivity index (χ3n) is 6.67. The van der Waals surface area contributed by atoms with Gasteiger partial charge in [0.05, 0.1) is 11.5 Å². The SMILES string of the molecule is Nc1nc2c(nc(Nc3ccc4c(c3)Cc3cc([N+](=O)[O-])ccc3-4)n2[C@@H]2O[C@H](CO)[C@@H](O)[C@H]2O)c(=O)[nH]1. The van der Waals surface area contributed by atoms with Crippen molar-refractivity contribution in [1.29, 1.82) is 0 Å². The summed E-state index contributed by atoms with van der Waals surface area (Å²) in [5, 5.41) is 44.7. The molecule has 1 aliphatic heterocycles. The number of H-pyrrole nitrogens is 1. The Morgan fingerprint density at radius 2 is 1.89 bits per heavy atom. The van der Waals surface area contributed by atoms with Crippen molar-refractivity contribution in [3.8, 4) is 11.1 Å². The molecule has 1 fully saturated rings. The van der Waals surface area contributed by atoms with Gasteiger partial charge >= 0.3 is 0 Å². The van der Waals surface area contributed by atoms with Crippen molar-refractivity contribution in [1.82, 2.24) is 19.5 Å². The number of aromatic amines is 1. The van der Waals surface area contributed by atoms with Crippen LogP contribution < -0.4 is 16.6 Å². The third-order valence-corrected chi connectivity index (χ3v) is 6.67. The maximum Gasteiger partial charge on any atom is 0.280 e. The van der Waals surface area contributed by atoms with E-state index in [2.05, 4.69) is 20.3 Å². The second-order valence-corrected chi connectivity index (χ2v) is 8.93. The predicted molar refractivity (Wildman–Crippen MR) is 130 cm³/mol. The molecule has 7 N–H and O–H groups in total. The molecule has 0 saturated carbocycles. The van der Waals surface area contributed by atoms with Crippen LogP contribution in [0, 0.1) is 10.1 Å². The number of rotatable bonds is 5. The van der Waals surface area contributed by atoms with Gasteiger partial charge in [-0.2, -0.15) is 4.98 Å². The maximum absolute atomic E-state index is 12.5. The molecule has 190 valence electrons. The first-order chi connectivity index (χ1) is 17.7. The van der Waals surface area contributed by atoms with Gasteiger partial charge in [-0.05, 0) is 46.9 Å². The number of aromatic nitrogens is 4. The van der Waals surface area contributed by atoms with E-state index in [1.54, 1.807) is 18.2 Å². The van der Waals surface area contributed by atoms with Crippen LogP contribution in [-0.4, -0.2) is 64.7 Å². The van der Waals surface area contributed by atoms with Crippen LogP contribution in [0.25, 0.3) is 22.3 Å². The number of hydrogen-bond acceptors (Lipinski definition) is 11. The molecule has 1 saturated heterocycles. The summed E-state index contributed by atoms with van der Waals surface area (Å²) in [6, 6.07) is 10.3. The van der Waals surface area contributed by atoms with Gasteiger partial charge in [0.25, 0.3) is 11.2 Å². The molecule has 14 nitrogen and oxygen atoms in total. The van der Waals surface area contributed by atoms with Crippen LogP contribution in [0.4, 0.5) is 23.3 Å². The number of nitrogens with zero attached hydrogens (tertiary/aromatic N) is 4. The van der Waals surface area contributed by atoms with Crippen molar-refractivity contribution in [3.05, 3.63) is 68.0 Å². The van der Waals surface area contributed by atoms with Crippen LogP contribution in [0.2, 0.25) is 0 Å². The highest BCUT2D eigenvalue weighted by atomic mass is 16.6. The number of benzene rings is 2. The number of non-ortho nitro benzene ring substituents is 1. The molecule has 14 heteroatoms. The van der Waals surface area contributed by atoms with E-state index in [0.29, 0.717) is 12.1 Å². The highest BCUT2D eigenvalue weighted by Gasteiger charge is 2.45. The van der Waals surface area contributed by atoms with Gasteiger partial charge in [0.2, 0.25) is 11.9 Å². The Morgan fingerprint density at radius 1 is 1.16 bits per heavy atom. The van der Waals surface area contributed by atoms with E-state index < -0.39 is 41.6 Å². The van der Waals surface area contributed by atoms with Crippen molar-refractivity contribution < 1.29 is 25.0 Å². The molecule has 0 radical (unpaired) electrons. The molecule has 2 aliphatic rings. The number of anilines is 3. The topological polar surface area (TPSA) is 215 Å². The number of nitrogens with two attached hydrogens (primary N) is 1.